The van der Waals surface area contributed by atoms with E-state index in [1.54, 1.807) is 23.5 Å². The first-order valence-electron chi connectivity index (χ1n) is 7.94. The van der Waals surface area contributed by atoms with Gasteiger partial charge in [0, 0.05) is 29.1 Å². The molecule has 0 saturated heterocycles. The highest BCUT2D eigenvalue weighted by atomic mass is 16.1. The number of rotatable bonds is 5. The predicted molar refractivity (Wildman–Crippen MR) is 96.8 cm³/mol. The van der Waals surface area contributed by atoms with Gasteiger partial charge in [-0.2, -0.15) is 0 Å². The van der Waals surface area contributed by atoms with Gasteiger partial charge in [-0.1, -0.05) is 9.80 Å². The summed E-state index contributed by atoms with van der Waals surface area (Å²) >= 11 is 0. The van der Waals surface area contributed by atoms with Crippen molar-refractivity contribution < 1.29 is 9.48 Å². The molecule has 0 bridgehead atoms. The van der Waals surface area contributed by atoms with Crippen LogP contribution in [0.1, 0.15) is 6.92 Å². The molecular formula is C17H19N8O+. The van der Waals surface area contributed by atoms with E-state index in [0.717, 1.165) is 22.7 Å². The third-order valence-corrected chi connectivity index (χ3v) is 3.50. The minimum Gasteiger partial charge on any atom is -0.356 e. The first-order chi connectivity index (χ1) is 12.5. The van der Waals surface area contributed by atoms with Gasteiger partial charge < -0.3 is 10.6 Å². The van der Waals surface area contributed by atoms with Crippen molar-refractivity contribution in [1.82, 2.24) is 15.1 Å². The molecule has 0 unspecified atom stereocenters. The maximum Gasteiger partial charge on any atom is 0.423 e. The Kier molecular flexibility index (Phi) is 4.97. The third kappa shape index (κ3) is 4.26. The summed E-state index contributed by atoms with van der Waals surface area (Å²) in [7, 11) is 3.51. The molecule has 2 N–H and O–H groups in total. The number of aryl methyl sites for hydroxylation is 2. The fourth-order valence-electron chi connectivity index (χ4n) is 2.26. The van der Waals surface area contributed by atoms with Crippen LogP contribution in [0.25, 0.3) is 0 Å². The molecule has 0 fully saturated rings. The second-order valence-electron chi connectivity index (χ2n) is 5.66. The molecule has 0 saturated carbocycles. The van der Waals surface area contributed by atoms with Crippen LogP contribution in [-0.2, 0) is 18.9 Å². The molecule has 1 aromatic heterocycles. The summed E-state index contributed by atoms with van der Waals surface area (Å²) in [6.07, 6.45) is 0. The van der Waals surface area contributed by atoms with Crippen LogP contribution in [-0.4, -0.2) is 21.0 Å². The first kappa shape index (κ1) is 17.2. The van der Waals surface area contributed by atoms with E-state index in [1.165, 1.54) is 6.92 Å². The van der Waals surface area contributed by atoms with Crippen LogP contribution in [0, 0.1) is 0 Å². The summed E-state index contributed by atoms with van der Waals surface area (Å²) in [6.45, 7) is 1.48. The highest BCUT2D eigenvalue weighted by Gasteiger charge is 2.13. The minimum absolute atomic E-state index is 0.0917. The zero-order valence-corrected chi connectivity index (χ0v) is 14.7. The Hall–Kier alpha value is -3.62. The zero-order valence-electron chi connectivity index (χ0n) is 14.7. The molecule has 0 aliphatic rings. The number of aromatic nitrogens is 4. The van der Waals surface area contributed by atoms with Crippen LogP contribution in [0.2, 0.25) is 0 Å². The topological polar surface area (TPSA) is 100 Å². The molecule has 0 radical (unpaired) electrons. The van der Waals surface area contributed by atoms with Crippen LogP contribution in [0.15, 0.2) is 58.8 Å². The lowest BCUT2D eigenvalue weighted by molar-refractivity contribution is -0.719. The summed E-state index contributed by atoms with van der Waals surface area (Å²) in [5, 5.41) is 22.1. The molecule has 9 heteroatoms. The molecule has 0 aliphatic carbocycles. The van der Waals surface area contributed by atoms with Crippen molar-refractivity contribution in [3.8, 4) is 0 Å². The van der Waals surface area contributed by atoms with Crippen molar-refractivity contribution in [3.05, 3.63) is 48.5 Å². The second kappa shape index (κ2) is 7.51. The van der Waals surface area contributed by atoms with Crippen LogP contribution in [0.5, 0.6) is 0 Å². The van der Waals surface area contributed by atoms with Gasteiger partial charge in [0.05, 0.1) is 25.0 Å². The largest absolute Gasteiger partial charge is 0.423 e. The summed E-state index contributed by atoms with van der Waals surface area (Å²) in [6, 6.07) is 15.0. The van der Waals surface area contributed by atoms with Crippen LogP contribution in [0.3, 0.4) is 0 Å². The van der Waals surface area contributed by atoms with Gasteiger partial charge in [-0.25, -0.2) is 0 Å². The van der Waals surface area contributed by atoms with Gasteiger partial charge in [0.25, 0.3) is 0 Å². The number of azo groups is 1. The standard InChI is InChI=1S/C17H18N8O/c1-12(26)18-13-4-6-14(7-5-13)19-15-8-10-16(11-9-15)20-21-17-24(2)22-23-25(17)3/h4-11H,1-3H3,(H,18,20,26)/p+1. The molecule has 0 atom stereocenters. The van der Waals surface area contributed by atoms with Gasteiger partial charge in [-0.05, 0) is 48.5 Å². The Morgan fingerprint density at radius 3 is 2.12 bits per heavy atom. The van der Waals surface area contributed by atoms with Crippen molar-refractivity contribution in [2.75, 3.05) is 10.6 Å². The maximum atomic E-state index is 11.0. The summed E-state index contributed by atoms with van der Waals surface area (Å²) in [4.78, 5) is 11.0. The summed E-state index contributed by atoms with van der Waals surface area (Å²) < 4.78 is 3.09. The predicted octanol–water partition coefficient (Wildman–Crippen LogP) is 2.76. The molecule has 1 amide bonds. The molecule has 3 aromatic rings. The molecule has 0 spiro atoms. The molecular weight excluding hydrogens is 332 g/mol. The summed E-state index contributed by atoms with van der Waals surface area (Å²) in [5.41, 5.74) is 3.32. The highest BCUT2D eigenvalue weighted by molar-refractivity contribution is 5.88. The van der Waals surface area contributed by atoms with E-state index in [9.17, 15) is 4.79 Å². The van der Waals surface area contributed by atoms with E-state index in [-0.39, 0.29) is 5.91 Å². The lowest BCUT2D eigenvalue weighted by atomic mass is 10.2. The monoisotopic (exact) mass is 351 g/mol. The molecule has 0 aliphatic heterocycles. The maximum absolute atomic E-state index is 11.0. The third-order valence-electron chi connectivity index (χ3n) is 3.50. The quantitative estimate of drug-likeness (QED) is 0.545. The Morgan fingerprint density at radius 1 is 1.00 bits per heavy atom. The minimum atomic E-state index is -0.0917. The summed E-state index contributed by atoms with van der Waals surface area (Å²) in [5.74, 6) is 0.456. The van der Waals surface area contributed by atoms with Gasteiger partial charge in [0.15, 0.2) is 0 Å². The second-order valence-corrected chi connectivity index (χ2v) is 5.66. The normalized spacial score (nSPS) is 10.9. The van der Waals surface area contributed by atoms with E-state index in [0.29, 0.717) is 5.95 Å². The lowest BCUT2D eigenvalue weighted by Gasteiger charge is -2.08. The van der Waals surface area contributed by atoms with Crippen molar-refractivity contribution in [2.24, 2.45) is 24.3 Å². The Morgan fingerprint density at radius 2 is 1.58 bits per heavy atom. The highest BCUT2D eigenvalue weighted by Crippen LogP contribution is 2.22. The number of benzene rings is 2. The van der Waals surface area contributed by atoms with Crippen LogP contribution >= 0.6 is 0 Å². The van der Waals surface area contributed by atoms with Gasteiger partial charge in [0.2, 0.25) is 5.91 Å². The number of anilines is 3. The van der Waals surface area contributed by atoms with Gasteiger partial charge >= 0.3 is 5.95 Å². The number of nitrogens with one attached hydrogen (secondary N) is 2. The average molecular weight is 351 g/mol. The van der Waals surface area contributed by atoms with Crippen molar-refractivity contribution in [3.63, 3.8) is 0 Å². The Balaban J connectivity index is 1.65. The van der Waals surface area contributed by atoms with Crippen molar-refractivity contribution >= 4 is 34.6 Å². The zero-order chi connectivity index (χ0) is 18.5. The fourth-order valence-corrected chi connectivity index (χ4v) is 2.26. The SMILES string of the molecule is CC(=O)Nc1ccc(Nc2ccc(N=Nc3n(C)nn[n+]3C)cc2)cc1. The number of hydrogen-bond acceptors (Lipinski definition) is 6. The van der Waals surface area contributed by atoms with Crippen molar-refractivity contribution in [1.29, 1.82) is 0 Å². The molecule has 132 valence electrons. The Bertz CT molecular complexity index is 909. The van der Waals surface area contributed by atoms with E-state index in [4.69, 9.17) is 0 Å². The number of hydrogen-bond donors (Lipinski definition) is 2. The Labute approximate surface area is 150 Å². The van der Waals surface area contributed by atoms with E-state index in [2.05, 4.69) is 31.3 Å². The van der Waals surface area contributed by atoms with Gasteiger partial charge in [-0.15, -0.1) is 4.68 Å². The molecule has 26 heavy (non-hydrogen) atoms. The number of carbonyl (C=O) groups is 1. The molecule has 9 nitrogen and oxygen atoms in total. The number of amides is 1. The molecule has 2 aromatic carbocycles. The van der Waals surface area contributed by atoms with Crippen LogP contribution < -0.4 is 15.3 Å². The molecule has 1 heterocycles. The van der Waals surface area contributed by atoms with Crippen LogP contribution in [0.4, 0.5) is 28.7 Å². The smallest absolute Gasteiger partial charge is 0.356 e. The lowest BCUT2D eigenvalue weighted by Crippen LogP contribution is -2.30. The van der Waals surface area contributed by atoms with E-state index >= 15 is 0 Å². The van der Waals surface area contributed by atoms with Gasteiger partial charge in [0.1, 0.15) is 5.21 Å². The van der Waals surface area contributed by atoms with E-state index < -0.39 is 0 Å². The average Bonchev–Trinajstić information content (AvgIpc) is 2.94. The first-order valence-corrected chi connectivity index (χ1v) is 7.94. The number of nitrogens with zero attached hydrogens (tertiary/aromatic N) is 6. The van der Waals surface area contributed by atoms with E-state index in [1.807, 2.05) is 48.5 Å². The molecule has 3 rings (SSSR count). The number of tetrazole rings is 1. The fraction of sp³-hybridized carbons (Fsp3) is 0.176. The number of carbonyl (C=O) groups excluding carboxylic acids is 1. The van der Waals surface area contributed by atoms with Gasteiger partial charge in [-0.3, -0.25) is 4.79 Å². The van der Waals surface area contributed by atoms with Crippen molar-refractivity contribution in [2.45, 2.75) is 6.92 Å².